The van der Waals surface area contributed by atoms with Crippen molar-refractivity contribution in [3.05, 3.63) is 11.6 Å². The first-order chi connectivity index (χ1) is 9.39. The molecule has 0 heterocycles. The fourth-order valence-corrected chi connectivity index (χ4v) is 5.83. The summed E-state index contributed by atoms with van der Waals surface area (Å²) in [5.74, 6) is 1.22. The zero-order chi connectivity index (χ0) is 15.8. The molecule has 0 saturated heterocycles. The summed E-state index contributed by atoms with van der Waals surface area (Å²) in [4.78, 5) is 0. The van der Waals surface area contributed by atoms with Gasteiger partial charge in [-0.15, -0.1) is 0 Å². The third-order valence-electron chi connectivity index (χ3n) is 7.04. The maximum absolute atomic E-state index is 10.9. The monoisotopic (exact) mass is 308 g/mol. The fraction of sp³-hybridized carbons (Fsp3) is 0.889. The molecule has 3 aliphatic rings. The summed E-state index contributed by atoms with van der Waals surface area (Å²) >= 11 is 0. The first-order valence-electron chi connectivity index (χ1n) is 8.52. The maximum atomic E-state index is 10.9. The molecule has 0 aromatic carbocycles. The van der Waals surface area contributed by atoms with Crippen LogP contribution in [0.15, 0.2) is 11.6 Å². The number of hydrogen-bond acceptors (Lipinski definition) is 2. The molecule has 0 amide bonds. The minimum atomic E-state index is -1.74. The van der Waals surface area contributed by atoms with E-state index in [1.807, 2.05) is 6.92 Å². The van der Waals surface area contributed by atoms with Crippen molar-refractivity contribution in [3.8, 4) is 0 Å². The van der Waals surface area contributed by atoms with E-state index in [0.29, 0.717) is 11.8 Å². The highest BCUT2D eigenvalue weighted by Crippen LogP contribution is 2.71. The third-order valence-corrected chi connectivity index (χ3v) is 11.5. The summed E-state index contributed by atoms with van der Waals surface area (Å²) < 4.78 is 6.59. The average molecular weight is 309 g/mol. The molecule has 2 nitrogen and oxygen atoms in total. The molecule has 120 valence electrons. The van der Waals surface area contributed by atoms with Crippen LogP contribution in [0.1, 0.15) is 53.9 Å². The van der Waals surface area contributed by atoms with Crippen LogP contribution in [0.3, 0.4) is 0 Å². The normalized spacial score (nSPS) is 45.9. The Morgan fingerprint density at radius 3 is 2.43 bits per heavy atom. The average Bonchev–Trinajstić information content (AvgIpc) is 3.07. The van der Waals surface area contributed by atoms with Crippen LogP contribution in [0.5, 0.6) is 0 Å². The van der Waals surface area contributed by atoms with E-state index < -0.39 is 13.9 Å². The van der Waals surface area contributed by atoms with Crippen molar-refractivity contribution in [2.75, 3.05) is 0 Å². The molecule has 0 aromatic rings. The Morgan fingerprint density at radius 1 is 1.24 bits per heavy atom. The van der Waals surface area contributed by atoms with Crippen LogP contribution in [0.25, 0.3) is 0 Å². The Hall–Kier alpha value is -0.123. The summed E-state index contributed by atoms with van der Waals surface area (Å²) in [7, 11) is -1.74. The van der Waals surface area contributed by atoms with E-state index >= 15 is 0 Å². The quantitative estimate of drug-likeness (QED) is 0.601. The molecule has 2 saturated carbocycles. The molecule has 3 heteroatoms. The summed E-state index contributed by atoms with van der Waals surface area (Å²) in [5, 5.41) is 11.2. The van der Waals surface area contributed by atoms with E-state index in [-0.39, 0.29) is 16.6 Å². The van der Waals surface area contributed by atoms with Crippen LogP contribution in [0.2, 0.25) is 18.1 Å². The predicted molar refractivity (Wildman–Crippen MR) is 89.7 cm³/mol. The second-order valence-corrected chi connectivity index (χ2v) is 14.3. The maximum Gasteiger partial charge on any atom is 0.192 e. The lowest BCUT2D eigenvalue weighted by molar-refractivity contribution is 0.0695. The van der Waals surface area contributed by atoms with Gasteiger partial charge in [-0.1, -0.05) is 33.8 Å². The number of rotatable bonds is 2. The second kappa shape index (κ2) is 4.24. The molecular weight excluding hydrogens is 276 g/mol. The number of aliphatic hydroxyl groups is 1. The molecule has 21 heavy (non-hydrogen) atoms. The third kappa shape index (κ3) is 2.19. The van der Waals surface area contributed by atoms with E-state index in [1.54, 1.807) is 0 Å². The Kier molecular flexibility index (Phi) is 3.18. The van der Waals surface area contributed by atoms with Gasteiger partial charge >= 0.3 is 0 Å². The minimum Gasteiger partial charge on any atom is -0.411 e. The molecule has 0 bridgehead atoms. The van der Waals surface area contributed by atoms with Gasteiger partial charge in [0.15, 0.2) is 8.32 Å². The van der Waals surface area contributed by atoms with Gasteiger partial charge in [0.1, 0.15) is 0 Å². The number of fused-ring (bicyclic) bond motifs is 3. The van der Waals surface area contributed by atoms with Crippen molar-refractivity contribution in [2.45, 2.75) is 83.7 Å². The van der Waals surface area contributed by atoms with Crippen molar-refractivity contribution in [1.29, 1.82) is 0 Å². The molecule has 5 atom stereocenters. The smallest absolute Gasteiger partial charge is 0.192 e. The molecule has 1 N–H and O–H groups in total. The molecular formula is C18H32O2Si. The molecule has 2 fully saturated rings. The van der Waals surface area contributed by atoms with Crippen LogP contribution in [-0.4, -0.2) is 25.1 Å². The van der Waals surface area contributed by atoms with E-state index in [4.69, 9.17) is 4.43 Å². The largest absolute Gasteiger partial charge is 0.411 e. The first-order valence-corrected chi connectivity index (χ1v) is 11.4. The minimum absolute atomic E-state index is 0.206. The van der Waals surface area contributed by atoms with Crippen LogP contribution in [0, 0.1) is 17.3 Å². The van der Waals surface area contributed by atoms with E-state index in [0.717, 1.165) is 6.42 Å². The summed E-state index contributed by atoms with van der Waals surface area (Å²) in [6, 6.07) is 0. The fourth-order valence-electron chi connectivity index (χ4n) is 4.54. The van der Waals surface area contributed by atoms with Crippen molar-refractivity contribution < 1.29 is 9.53 Å². The lowest BCUT2D eigenvalue weighted by Gasteiger charge is -2.44. The van der Waals surface area contributed by atoms with Crippen molar-refractivity contribution in [3.63, 3.8) is 0 Å². The SMILES string of the molecule is CC(C)(C)[Si](C)(C)O[C@H]1C=C2[C@](C)(O)[C@H]3C[C@H]3[C@]2(C)CC1. The molecule has 3 rings (SSSR count). The Labute approximate surface area is 131 Å². The van der Waals surface area contributed by atoms with Crippen molar-refractivity contribution >= 4 is 8.32 Å². The van der Waals surface area contributed by atoms with Gasteiger partial charge in [0.05, 0.1) is 11.7 Å². The van der Waals surface area contributed by atoms with Gasteiger partial charge in [-0.2, -0.15) is 0 Å². The molecule has 0 aliphatic heterocycles. The van der Waals surface area contributed by atoms with Gasteiger partial charge in [-0.3, -0.25) is 0 Å². The molecule has 0 spiro atoms. The Bertz CT molecular complexity index is 486. The number of hydrogen-bond donors (Lipinski definition) is 1. The highest BCUT2D eigenvalue weighted by molar-refractivity contribution is 6.74. The molecule has 3 aliphatic carbocycles. The van der Waals surface area contributed by atoms with Crippen LogP contribution < -0.4 is 0 Å². The lowest BCUT2D eigenvalue weighted by Crippen LogP contribution is -2.45. The summed E-state index contributed by atoms with van der Waals surface area (Å²) in [6.45, 7) is 15.9. The highest BCUT2D eigenvalue weighted by atomic mass is 28.4. The first kappa shape index (κ1) is 15.8. The van der Waals surface area contributed by atoms with Crippen LogP contribution in [-0.2, 0) is 4.43 Å². The van der Waals surface area contributed by atoms with Crippen LogP contribution >= 0.6 is 0 Å². The molecule has 0 aromatic heterocycles. The van der Waals surface area contributed by atoms with E-state index in [2.05, 4.69) is 46.9 Å². The highest BCUT2D eigenvalue weighted by Gasteiger charge is 2.68. The standard InChI is InChI=1S/C18H32O2Si/c1-16(2,3)21(6,7)20-12-8-9-17(4)13-11-14(13)18(5,19)15(17)10-12/h10,12-14,19H,8-9,11H2,1-7H3/t12-,13-,14+,17+,18-/m1/s1. The van der Waals surface area contributed by atoms with Gasteiger partial charge in [0.2, 0.25) is 0 Å². The van der Waals surface area contributed by atoms with Gasteiger partial charge in [0.25, 0.3) is 0 Å². The van der Waals surface area contributed by atoms with Gasteiger partial charge < -0.3 is 9.53 Å². The zero-order valence-corrected chi connectivity index (χ0v) is 15.8. The Morgan fingerprint density at radius 2 is 1.86 bits per heavy atom. The summed E-state index contributed by atoms with van der Waals surface area (Å²) in [6.07, 6.45) is 6.02. The molecule has 0 radical (unpaired) electrons. The van der Waals surface area contributed by atoms with Gasteiger partial charge in [-0.05, 0) is 67.1 Å². The van der Waals surface area contributed by atoms with E-state index in [9.17, 15) is 5.11 Å². The molecule has 0 unspecified atom stereocenters. The second-order valence-electron chi connectivity index (χ2n) is 9.55. The topological polar surface area (TPSA) is 29.5 Å². The summed E-state index contributed by atoms with van der Waals surface area (Å²) in [5.41, 5.74) is 0.933. The Balaban J connectivity index is 1.85. The lowest BCUT2D eigenvalue weighted by atomic mass is 9.69. The van der Waals surface area contributed by atoms with Crippen LogP contribution in [0.4, 0.5) is 0 Å². The van der Waals surface area contributed by atoms with Gasteiger partial charge in [-0.25, -0.2) is 0 Å². The van der Waals surface area contributed by atoms with E-state index in [1.165, 1.54) is 18.4 Å². The van der Waals surface area contributed by atoms with Gasteiger partial charge in [0, 0.05) is 0 Å². The van der Waals surface area contributed by atoms with Crippen molar-refractivity contribution in [1.82, 2.24) is 0 Å². The predicted octanol–water partition coefficient (Wildman–Crippen LogP) is 4.50. The van der Waals surface area contributed by atoms with Crippen molar-refractivity contribution in [2.24, 2.45) is 17.3 Å². The zero-order valence-electron chi connectivity index (χ0n) is 14.8.